The Bertz CT molecular complexity index is 713. The lowest BCUT2D eigenvalue weighted by Crippen LogP contribution is -2.07. The van der Waals surface area contributed by atoms with Crippen molar-refractivity contribution >= 4 is 23.4 Å². The summed E-state index contributed by atoms with van der Waals surface area (Å²) in [6, 6.07) is 18.7. The molecule has 2 aromatic rings. The normalized spacial score (nSPS) is 12.0. The molecular weight excluding hydrogens is 286 g/mol. The molecule has 0 spiro atoms. The molecule has 0 N–H and O–H groups in total. The Morgan fingerprint density at radius 3 is 2.27 bits per heavy atom. The number of thioether (sulfide) groups is 1. The van der Waals surface area contributed by atoms with Crippen LogP contribution in [0.4, 0.5) is 0 Å². The summed E-state index contributed by atoms with van der Waals surface area (Å²) in [5.41, 5.74) is 3.95. The van der Waals surface area contributed by atoms with Gasteiger partial charge in [0.1, 0.15) is 0 Å². The number of nitriles is 1. The van der Waals surface area contributed by atoms with E-state index in [-0.39, 0.29) is 4.75 Å². The van der Waals surface area contributed by atoms with Gasteiger partial charge in [0.2, 0.25) is 0 Å². The Morgan fingerprint density at radius 2 is 1.68 bits per heavy atom. The second kappa shape index (κ2) is 6.85. The average Bonchev–Trinajstić information content (AvgIpc) is 2.46. The van der Waals surface area contributed by atoms with Crippen LogP contribution in [0.25, 0.3) is 11.6 Å². The van der Waals surface area contributed by atoms with E-state index in [1.54, 1.807) is 0 Å². The zero-order chi connectivity index (χ0) is 16.2. The summed E-state index contributed by atoms with van der Waals surface area (Å²) < 4.78 is 0.139. The third kappa shape index (κ3) is 4.51. The van der Waals surface area contributed by atoms with Crippen LogP contribution < -0.4 is 0 Å². The van der Waals surface area contributed by atoms with E-state index >= 15 is 0 Å². The molecule has 0 aliphatic heterocycles. The molecule has 0 atom stereocenters. The van der Waals surface area contributed by atoms with Gasteiger partial charge in [-0.05, 0) is 30.2 Å². The predicted molar refractivity (Wildman–Crippen MR) is 96.7 cm³/mol. The van der Waals surface area contributed by atoms with Gasteiger partial charge in [-0.2, -0.15) is 5.26 Å². The van der Waals surface area contributed by atoms with Crippen LogP contribution in [0.2, 0.25) is 0 Å². The highest BCUT2D eigenvalue weighted by molar-refractivity contribution is 8.00. The van der Waals surface area contributed by atoms with Crippen molar-refractivity contribution in [2.24, 2.45) is 0 Å². The monoisotopic (exact) mass is 307 g/mol. The number of benzene rings is 2. The van der Waals surface area contributed by atoms with Gasteiger partial charge in [-0.3, -0.25) is 0 Å². The topological polar surface area (TPSA) is 23.8 Å². The molecule has 0 saturated carbocycles. The first kappa shape index (κ1) is 16.4. The fourth-order valence-corrected chi connectivity index (χ4v) is 3.14. The first-order valence-corrected chi connectivity index (χ1v) is 8.17. The molecule has 2 aromatic carbocycles. The van der Waals surface area contributed by atoms with Crippen molar-refractivity contribution in [2.45, 2.75) is 37.3 Å². The number of hydrogen-bond donors (Lipinski definition) is 0. The zero-order valence-corrected chi connectivity index (χ0v) is 14.4. The second-order valence-electron chi connectivity index (χ2n) is 6.29. The van der Waals surface area contributed by atoms with Crippen LogP contribution in [0.15, 0.2) is 53.4 Å². The van der Waals surface area contributed by atoms with Crippen molar-refractivity contribution in [3.05, 3.63) is 65.2 Å². The Balaban J connectivity index is 2.42. The molecule has 0 aliphatic rings. The van der Waals surface area contributed by atoms with E-state index < -0.39 is 0 Å². The molecule has 2 rings (SSSR count). The molecule has 0 aromatic heterocycles. The fourth-order valence-electron chi connectivity index (χ4n) is 2.09. The lowest BCUT2D eigenvalue weighted by atomic mass is 10.0. The maximum absolute atomic E-state index is 9.51. The van der Waals surface area contributed by atoms with Gasteiger partial charge in [0.05, 0.1) is 11.6 Å². The molecule has 22 heavy (non-hydrogen) atoms. The van der Waals surface area contributed by atoms with E-state index in [4.69, 9.17) is 0 Å². The molecule has 0 radical (unpaired) electrons. The van der Waals surface area contributed by atoms with Crippen molar-refractivity contribution in [1.82, 2.24) is 0 Å². The predicted octanol–water partition coefficient (Wildman–Crippen LogP) is 5.95. The number of nitrogens with zero attached hydrogens (tertiary/aromatic N) is 1. The minimum atomic E-state index is 0.139. The second-order valence-corrected chi connectivity index (χ2v) is 8.16. The summed E-state index contributed by atoms with van der Waals surface area (Å²) in [4.78, 5) is 1.20. The molecule has 0 aliphatic carbocycles. The van der Waals surface area contributed by atoms with E-state index in [0.29, 0.717) is 5.57 Å². The average molecular weight is 307 g/mol. The quantitative estimate of drug-likeness (QED) is 0.397. The number of hydrogen-bond acceptors (Lipinski definition) is 2. The van der Waals surface area contributed by atoms with Gasteiger partial charge in [-0.25, -0.2) is 0 Å². The summed E-state index contributed by atoms with van der Waals surface area (Å²) in [5.74, 6) is 0. The highest BCUT2D eigenvalue weighted by Gasteiger charge is 2.14. The third-order valence-corrected chi connectivity index (χ3v) is 4.32. The fraction of sp³-hybridized carbons (Fsp3) is 0.250. The van der Waals surface area contributed by atoms with Crippen molar-refractivity contribution in [3.63, 3.8) is 0 Å². The van der Waals surface area contributed by atoms with Crippen LogP contribution in [-0.2, 0) is 0 Å². The minimum absolute atomic E-state index is 0.139. The maximum atomic E-state index is 9.51. The summed E-state index contributed by atoms with van der Waals surface area (Å²) in [5, 5.41) is 9.51. The van der Waals surface area contributed by atoms with Crippen molar-refractivity contribution in [2.75, 3.05) is 0 Å². The van der Waals surface area contributed by atoms with E-state index in [1.165, 1.54) is 10.5 Å². The van der Waals surface area contributed by atoms with Crippen molar-refractivity contribution in [3.8, 4) is 6.07 Å². The van der Waals surface area contributed by atoms with Crippen molar-refractivity contribution in [1.29, 1.82) is 5.26 Å². The van der Waals surface area contributed by atoms with Crippen LogP contribution in [0.1, 0.15) is 37.5 Å². The van der Waals surface area contributed by atoms with E-state index in [0.717, 1.165) is 11.1 Å². The number of rotatable bonds is 3. The van der Waals surface area contributed by atoms with E-state index in [1.807, 2.05) is 54.2 Å². The van der Waals surface area contributed by atoms with Crippen LogP contribution in [0.3, 0.4) is 0 Å². The van der Waals surface area contributed by atoms with Gasteiger partial charge in [0.15, 0.2) is 0 Å². The Hall–Kier alpha value is -1.98. The van der Waals surface area contributed by atoms with Gasteiger partial charge in [0.25, 0.3) is 0 Å². The first-order chi connectivity index (χ1) is 10.4. The standard InChI is InChI=1S/C20H21NS/c1-15-9-11-16(12-10-15)18(14-21)13-17-7-5-6-8-19(17)22-20(2,3)4/h5-13H,1-4H3/b18-13+. The van der Waals surface area contributed by atoms with Gasteiger partial charge in [0, 0.05) is 9.64 Å². The summed E-state index contributed by atoms with van der Waals surface area (Å²) >= 11 is 1.82. The number of aryl methyl sites for hydroxylation is 1. The molecule has 1 nitrogen and oxygen atoms in total. The maximum Gasteiger partial charge on any atom is 0.0998 e. The molecule has 0 fully saturated rings. The minimum Gasteiger partial charge on any atom is -0.192 e. The molecule has 0 amide bonds. The zero-order valence-electron chi connectivity index (χ0n) is 13.6. The lowest BCUT2D eigenvalue weighted by Gasteiger charge is -2.19. The molecule has 0 heterocycles. The highest BCUT2D eigenvalue weighted by Crippen LogP contribution is 2.35. The molecule has 0 saturated heterocycles. The van der Waals surface area contributed by atoms with Crippen LogP contribution in [0, 0.1) is 18.3 Å². The molecule has 0 bridgehead atoms. The van der Waals surface area contributed by atoms with Crippen molar-refractivity contribution < 1.29 is 0 Å². The van der Waals surface area contributed by atoms with Gasteiger partial charge >= 0.3 is 0 Å². The smallest absolute Gasteiger partial charge is 0.0998 e. The number of allylic oxidation sites excluding steroid dienone is 1. The Morgan fingerprint density at radius 1 is 1.05 bits per heavy atom. The summed E-state index contributed by atoms with van der Waals surface area (Å²) in [6.07, 6.45) is 1.98. The third-order valence-electron chi connectivity index (χ3n) is 3.12. The summed E-state index contributed by atoms with van der Waals surface area (Å²) in [6.45, 7) is 8.64. The van der Waals surface area contributed by atoms with E-state index in [9.17, 15) is 5.26 Å². The van der Waals surface area contributed by atoms with E-state index in [2.05, 4.69) is 45.9 Å². The van der Waals surface area contributed by atoms with Crippen LogP contribution in [-0.4, -0.2) is 4.75 Å². The largest absolute Gasteiger partial charge is 0.192 e. The van der Waals surface area contributed by atoms with Gasteiger partial charge in [-0.1, -0.05) is 68.8 Å². The molecule has 2 heteroatoms. The first-order valence-electron chi connectivity index (χ1n) is 7.36. The Labute approximate surface area is 137 Å². The molecule has 112 valence electrons. The van der Waals surface area contributed by atoms with Gasteiger partial charge < -0.3 is 0 Å². The van der Waals surface area contributed by atoms with Crippen LogP contribution in [0.5, 0.6) is 0 Å². The highest BCUT2D eigenvalue weighted by atomic mass is 32.2. The molecule has 0 unspecified atom stereocenters. The lowest BCUT2D eigenvalue weighted by molar-refractivity contribution is 0.802. The summed E-state index contributed by atoms with van der Waals surface area (Å²) in [7, 11) is 0. The SMILES string of the molecule is Cc1ccc(/C(C#N)=C/c2ccccc2SC(C)(C)C)cc1. The Kier molecular flexibility index (Phi) is 5.11. The molecular formula is C20H21NS. The van der Waals surface area contributed by atoms with Gasteiger partial charge in [-0.15, -0.1) is 11.8 Å². The van der Waals surface area contributed by atoms with Crippen LogP contribution >= 0.6 is 11.8 Å².